The van der Waals surface area contributed by atoms with E-state index in [2.05, 4.69) is 5.32 Å². The number of nitrogens with one attached hydrogen (secondary N) is 1. The molecule has 0 fully saturated rings. The zero-order valence-corrected chi connectivity index (χ0v) is 26.9. The Morgan fingerprint density at radius 3 is 1.74 bits per heavy atom. The number of carboxylic acid groups (broad SMARTS) is 1. The first-order valence-electron chi connectivity index (χ1n) is 14.5. The summed E-state index contributed by atoms with van der Waals surface area (Å²) < 4.78 is 27.2. The highest BCUT2D eigenvalue weighted by molar-refractivity contribution is 5.83. The number of aliphatic carboxylic acids is 1. The van der Waals surface area contributed by atoms with Gasteiger partial charge in [-0.15, -0.1) is 0 Å². The van der Waals surface area contributed by atoms with E-state index in [1.54, 1.807) is 41.5 Å². The van der Waals surface area contributed by atoms with Gasteiger partial charge in [-0.05, 0) is 77.5 Å². The fourth-order valence-corrected chi connectivity index (χ4v) is 3.27. The van der Waals surface area contributed by atoms with E-state index in [0.717, 1.165) is 0 Å². The molecule has 1 aromatic carbocycles. The third kappa shape index (κ3) is 11.2. The molecule has 1 rings (SSSR count). The Kier molecular flexibility index (Phi) is 13.3. The second-order valence-electron chi connectivity index (χ2n) is 12.1. The number of carboxylic acids is 1. The molecule has 11 heteroatoms. The average molecular weight is 596 g/mol. The van der Waals surface area contributed by atoms with Gasteiger partial charge in [0.1, 0.15) is 11.2 Å². The number of hydrogen-bond acceptors (Lipinski definition) is 10. The van der Waals surface area contributed by atoms with E-state index in [1.165, 1.54) is 18.2 Å². The fraction of sp³-hybridized carbons (Fsp3) is 0.677. The maximum absolute atomic E-state index is 13.0. The Labute approximate surface area is 249 Å². The monoisotopic (exact) mass is 595 g/mol. The Morgan fingerprint density at radius 2 is 1.31 bits per heavy atom. The molecule has 0 aromatic heterocycles. The van der Waals surface area contributed by atoms with Gasteiger partial charge in [0.25, 0.3) is 5.72 Å². The number of rotatable bonds is 15. The summed E-state index contributed by atoms with van der Waals surface area (Å²) in [5.74, 6) is -3.08. The molecule has 1 aromatic rings. The second-order valence-corrected chi connectivity index (χ2v) is 12.1. The Hall–Kier alpha value is -3.34. The zero-order chi connectivity index (χ0) is 32.5. The van der Waals surface area contributed by atoms with E-state index in [1.807, 2.05) is 34.6 Å². The molecule has 0 bridgehead atoms. The van der Waals surface area contributed by atoms with Gasteiger partial charge in [0, 0.05) is 12.5 Å². The zero-order valence-electron chi connectivity index (χ0n) is 26.9. The van der Waals surface area contributed by atoms with E-state index >= 15 is 0 Å². The average Bonchev–Trinajstić information content (AvgIpc) is 2.88. The number of carbonyl (C=O) groups is 4. The smallest absolute Gasteiger partial charge is 0.477 e. The van der Waals surface area contributed by atoms with E-state index < -0.39 is 47.1 Å². The molecule has 0 saturated carbocycles. The van der Waals surface area contributed by atoms with Gasteiger partial charge in [0.15, 0.2) is 11.5 Å². The number of esters is 1. The normalized spacial score (nSPS) is 14.8. The summed E-state index contributed by atoms with van der Waals surface area (Å²) in [6.45, 7) is 19.5. The molecule has 238 valence electrons. The van der Waals surface area contributed by atoms with Crippen LogP contribution in [0.1, 0.15) is 101 Å². The number of carbonyl (C=O) groups excluding carboxylic acids is 3. The van der Waals surface area contributed by atoms with Crippen LogP contribution in [0.5, 0.6) is 11.5 Å². The van der Waals surface area contributed by atoms with Crippen LogP contribution in [0.25, 0.3) is 0 Å². The van der Waals surface area contributed by atoms with Gasteiger partial charge in [-0.25, -0.2) is 14.4 Å². The van der Waals surface area contributed by atoms with Gasteiger partial charge in [-0.3, -0.25) is 10.1 Å². The van der Waals surface area contributed by atoms with E-state index in [9.17, 15) is 24.3 Å². The van der Waals surface area contributed by atoms with Crippen molar-refractivity contribution in [1.29, 1.82) is 0 Å². The topological polar surface area (TPSA) is 147 Å². The molecule has 0 amide bonds. The van der Waals surface area contributed by atoms with E-state index in [0.29, 0.717) is 24.8 Å². The van der Waals surface area contributed by atoms with E-state index in [4.69, 9.17) is 23.7 Å². The standard InChI is InChI=1S/C31H49NO10/c1-12-20(6)32-31(26(34)35,40-25(33)21(7)19(4)5)18-22-15-16-23(38-27(36)41-29(8,9)13-2)24(17-22)39-28(37)42-30(10,11)14-3/h15-17,19-21,32H,12-14,18H2,1-11H3,(H,34,35)/t20?,21?,31-/m0/s1. The first-order chi connectivity index (χ1) is 19.3. The Balaban J connectivity index is 3.57. The molecule has 2 unspecified atom stereocenters. The van der Waals surface area contributed by atoms with Crippen LogP contribution < -0.4 is 14.8 Å². The highest BCUT2D eigenvalue weighted by Gasteiger charge is 2.45. The summed E-state index contributed by atoms with van der Waals surface area (Å²) >= 11 is 0. The van der Waals surface area contributed by atoms with Gasteiger partial charge in [-0.2, -0.15) is 0 Å². The summed E-state index contributed by atoms with van der Waals surface area (Å²) in [5.41, 5.74) is -3.46. The maximum Gasteiger partial charge on any atom is 0.514 e. The Morgan fingerprint density at radius 1 is 0.810 bits per heavy atom. The lowest BCUT2D eigenvalue weighted by molar-refractivity contribution is -0.188. The minimum atomic E-state index is -2.13. The largest absolute Gasteiger partial charge is 0.514 e. The first kappa shape index (κ1) is 36.7. The van der Waals surface area contributed by atoms with Crippen molar-refractivity contribution in [3.8, 4) is 11.5 Å². The summed E-state index contributed by atoms with van der Waals surface area (Å²) in [4.78, 5) is 50.9. The van der Waals surface area contributed by atoms with Crippen LogP contribution in [0.15, 0.2) is 18.2 Å². The lowest BCUT2D eigenvalue weighted by Crippen LogP contribution is -2.60. The lowest BCUT2D eigenvalue weighted by Gasteiger charge is -2.34. The van der Waals surface area contributed by atoms with Crippen LogP contribution in [-0.2, 0) is 30.2 Å². The van der Waals surface area contributed by atoms with Crippen LogP contribution in [0.3, 0.4) is 0 Å². The quantitative estimate of drug-likeness (QED) is 0.0973. The highest BCUT2D eigenvalue weighted by Crippen LogP contribution is 2.33. The molecule has 0 heterocycles. The SMILES string of the molecule is CCC(C)N[C@@](Cc1ccc(OC(=O)OC(C)(C)CC)c(OC(=O)OC(C)(C)CC)c1)(OC(=O)C(C)C(C)C)C(=O)O. The van der Waals surface area contributed by atoms with Crippen molar-refractivity contribution < 1.29 is 48.0 Å². The summed E-state index contributed by atoms with van der Waals surface area (Å²) in [6.07, 6.45) is -0.808. The molecule has 42 heavy (non-hydrogen) atoms. The number of benzene rings is 1. The van der Waals surface area contributed by atoms with Crippen molar-refractivity contribution in [2.24, 2.45) is 11.8 Å². The summed E-state index contributed by atoms with van der Waals surface area (Å²) in [7, 11) is 0. The lowest BCUT2D eigenvalue weighted by atomic mass is 9.97. The van der Waals surface area contributed by atoms with Gasteiger partial charge in [0.05, 0.1) is 5.92 Å². The van der Waals surface area contributed by atoms with Crippen LogP contribution in [0.2, 0.25) is 0 Å². The maximum atomic E-state index is 13.0. The molecule has 0 aliphatic carbocycles. The summed E-state index contributed by atoms with van der Waals surface area (Å²) in [6, 6.07) is 3.84. The van der Waals surface area contributed by atoms with Gasteiger partial charge in [0.2, 0.25) is 0 Å². The Bertz CT molecular complexity index is 1100. The molecular weight excluding hydrogens is 546 g/mol. The molecular formula is C31H49NO10. The van der Waals surface area contributed by atoms with Crippen molar-refractivity contribution in [2.75, 3.05) is 0 Å². The third-order valence-corrected chi connectivity index (χ3v) is 7.35. The van der Waals surface area contributed by atoms with Crippen molar-refractivity contribution in [1.82, 2.24) is 5.32 Å². The third-order valence-electron chi connectivity index (χ3n) is 7.35. The summed E-state index contributed by atoms with van der Waals surface area (Å²) in [5, 5.41) is 13.3. The molecule has 0 radical (unpaired) electrons. The number of hydrogen-bond donors (Lipinski definition) is 2. The predicted octanol–water partition coefficient (Wildman–Crippen LogP) is 6.64. The predicted molar refractivity (Wildman–Crippen MR) is 156 cm³/mol. The van der Waals surface area contributed by atoms with E-state index in [-0.39, 0.29) is 29.9 Å². The van der Waals surface area contributed by atoms with Crippen molar-refractivity contribution in [2.45, 2.75) is 125 Å². The van der Waals surface area contributed by atoms with Crippen molar-refractivity contribution in [3.05, 3.63) is 23.8 Å². The van der Waals surface area contributed by atoms with Crippen LogP contribution in [0.4, 0.5) is 9.59 Å². The molecule has 2 N–H and O–H groups in total. The van der Waals surface area contributed by atoms with Gasteiger partial charge < -0.3 is 28.8 Å². The molecule has 0 aliphatic heterocycles. The van der Waals surface area contributed by atoms with Crippen LogP contribution in [0, 0.1) is 11.8 Å². The second kappa shape index (κ2) is 15.2. The highest BCUT2D eigenvalue weighted by atomic mass is 16.8. The van der Waals surface area contributed by atoms with Crippen LogP contribution in [-0.4, -0.2) is 52.3 Å². The minimum absolute atomic E-state index is 0.0835. The minimum Gasteiger partial charge on any atom is -0.477 e. The van der Waals surface area contributed by atoms with Gasteiger partial charge in [-0.1, -0.05) is 47.6 Å². The molecule has 0 aliphatic rings. The van der Waals surface area contributed by atoms with Crippen molar-refractivity contribution in [3.63, 3.8) is 0 Å². The number of ether oxygens (including phenoxy) is 5. The molecule has 3 atom stereocenters. The molecule has 0 saturated heterocycles. The fourth-order valence-electron chi connectivity index (χ4n) is 3.27. The first-order valence-corrected chi connectivity index (χ1v) is 14.5. The molecule has 11 nitrogen and oxygen atoms in total. The molecule has 0 spiro atoms. The van der Waals surface area contributed by atoms with Crippen molar-refractivity contribution >= 4 is 24.2 Å². The van der Waals surface area contributed by atoms with Gasteiger partial charge >= 0.3 is 24.2 Å². The van der Waals surface area contributed by atoms with Crippen LogP contribution >= 0.6 is 0 Å².